The van der Waals surface area contributed by atoms with E-state index >= 15 is 0 Å². The maximum absolute atomic E-state index is 8.57. The van der Waals surface area contributed by atoms with Crippen LogP contribution in [-0.4, -0.2) is 29.9 Å². The largest absolute Gasteiger partial charge is 0.489 e. The van der Waals surface area contributed by atoms with Crippen LogP contribution in [0.25, 0.3) is 0 Å². The van der Waals surface area contributed by atoms with E-state index in [0.29, 0.717) is 5.47 Å². The minimum Gasteiger partial charge on any atom is -0.423 e. The molecule has 3 nitrogen and oxygen atoms in total. The van der Waals surface area contributed by atoms with Crippen LogP contribution in [-0.2, 0) is 0 Å². The fourth-order valence-electron chi connectivity index (χ4n) is 0.700. The molecule has 0 atom stereocenters. The van der Waals surface area contributed by atoms with Crippen LogP contribution in [0.1, 0.15) is 6.42 Å². The molecule has 2 N–H and O–H groups in total. The summed E-state index contributed by atoms with van der Waals surface area (Å²) in [4.78, 5) is 3.87. The van der Waals surface area contributed by atoms with Crippen LogP contribution in [0.3, 0.4) is 0 Å². The molecule has 0 fully saturated rings. The quantitative estimate of drug-likeness (QED) is 0.459. The molecule has 1 rings (SSSR count). The van der Waals surface area contributed by atoms with E-state index in [0.717, 1.165) is 13.0 Å². The lowest BCUT2D eigenvalue weighted by Crippen LogP contribution is -2.18. The topological polar surface area (TPSA) is 52.8 Å². The van der Waals surface area contributed by atoms with Crippen molar-refractivity contribution < 1.29 is 10.0 Å². The molecule has 0 saturated heterocycles. The van der Waals surface area contributed by atoms with E-state index in [-0.39, 0.29) is 0 Å². The number of dihydropyridines is 1. The van der Waals surface area contributed by atoms with E-state index in [1.54, 1.807) is 6.08 Å². The van der Waals surface area contributed by atoms with Gasteiger partial charge in [0.25, 0.3) is 0 Å². The molecule has 4 heteroatoms. The highest BCUT2D eigenvalue weighted by molar-refractivity contribution is 6.57. The molecular weight excluding hydrogens is 117 g/mol. The predicted molar refractivity (Wildman–Crippen MR) is 36.3 cm³/mol. The molecule has 0 unspecified atom stereocenters. The molecule has 0 aromatic heterocycles. The fraction of sp³-hybridized carbons (Fsp3) is 0.400. The van der Waals surface area contributed by atoms with Crippen molar-refractivity contribution in [2.75, 3.05) is 6.54 Å². The fourth-order valence-corrected chi connectivity index (χ4v) is 0.700. The van der Waals surface area contributed by atoms with E-state index in [9.17, 15) is 0 Å². The first-order valence-corrected chi connectivity index (χ1v) is 2.87. The van der Waals surface area contributed by atoms with E-state index in [1.165, 1.54) is 6.21 Å². The summed E-state index contributed by atoms with van der Waals surface area (Å²) < 4.78 is 0. The highest BCUT2D eigenvalue weighted by atomic mass is 16.4. The van der Waals surface area contributed by atoms with Crippen molar-refractivity contribution in [3.63, 3.8) is 0 Å². The predicted octanol–water partition coefficient (Wildman–Crippen LogP) is -0.601. The third kappa shape index (κ3) is 1.66. The van der Waals surface area contributed by atoms with Gasteiger partial charge in [0.2, 0.25) is 0 Å². The molecule has 48 valence electrons. The van der Waals surface area contributed by atoms with Gasteiger partial charge >= 0.3 is 7.12 Å². The third-order valence-corrected chi connectivity index (χ3v) is 1.18. The molecule has 9 heavy (non-hydrogen) atoms. The number of rotatable bonds is 1. The minimum atomic E-state index is -1.35. The smallest absolute Gasteiger partial charge is 0.423 e. The summed E-state index contributed by atoms with van der Waals surface area (Å²) in [7, 11) is -1.35. The van der Waals surface area contributed by atoms with Crippen molar-refractivity contribution in [3.8, 4) is 0 Å². The number of hydrogen-bond acceptors (Lipinski definition) is 3. The maximum Gasteiger partial charge on any atom is 0.489 e. The van der Waals surface area contributed by atoms with Gasteiger partial charge in [-0.05, 0) is 11.9 Å². The SMILES string of the molecule is OB(O)C1=CCCN=C1. The number of nitrogens with zero attached hydrogens (tertiary/aromatic N) is 1. The molecule has 1 aliphatic heterocycles. The Morgan fingerprint density at radius 2 is 2.33 bits per heavy atom. The van der Waals surface area contributed by atoms with Gasteiger partial charge < -0.3 is 10.0 Å². The van der Waals surface area contributed by atoms with Gasteiger partial charge in [-0.1, -0.05) is 6.08 Å². The lowest BCUT2D eigenvalue weighted by atomic mass is 9.79. The van der Waals surface area contributed by atoms with E-state index in [1.807, 2.05) is 0 Å². The van der Waals surface area contributed by atoms with Crippen LogP contribution in [0.2, 0.25) is 0 Å². The van der Waals surface area contributed by atoms with Gasteiger partial charge in [0, 0.05) is 12.8 Å². The summed E-state index contributed by atoms with van der Waals surface area (Å²) >= 11 is 0. The van der Waals surface area contributed by atoms with Gasteiger partial charge in [0.05, 0.1) is 0 Å². The Morgan fingerprint density at radius 3 is 2.67 bits per heavy atom. The summed E-state index contributed by atoms with van der Waals surface area (Å²) in [6, 6.07) is 0. The molecule has 0 bridgehead atoms. The van der Waals surface area contributed by atoms with Crippen LogP contribution in [0.4, 0.5) is 0 Å². The molecule has 0 amide bonds. The lowest BCUT2D eigenvalue weighted by molar-refractivity contribution is 0.421. The third-order valence-electron chi connectivity index (χ3n) is 1.18. The van der Waals surface area contributed by atoms with Crippen molar-refractivity contribution >= 4 is 13.3 Å². The Kier molecular flexibility index (Phi) is 2.03. The zero-order chi connectivity index (χ0) is 6.69. The van der Waals surface area contributed by atoms with Gasteiger partial charge in [-0.15, -0.1) is 0 Å². The van der Waals surface area contributed by atoms with Crippen LogP contribution >= 0.6 is 0 Å². The Hall–Kier alpha value is -0.605. The Balaban J connectivity index is 2.58. The van der Waals surface area contributed by atoms with Crippen molar-refractivity contribution in [1.82, 2.24) is 0 Å². The van der Waals surface area contributed by atoms with Crippen molar-refractivity contribution in [2.45, 2.75) is 6.42 Å². The van der Waals surface area contributed by atoms with Crippen molar-refractivity contribution in [2.24, 2.45) is 4.99 Å². The Bertz CT molecular complexity index is 153. The molecule has 0 aromatic carbocycles. The Labute approximate surface area is 53.9 Å². The van der Waals surface area contributed by atoms with E-state index < -0.39 is 7.12 Å². The van der Waals surface area contributed by atoms with Gasteiger partial charge in [0.15, 0.2) is 0 Å². The van der Waals surface area contributed by atoms with Crippen molar-refractivity contribution in [1.29, 1.82) is 0 Å². The van der Waals surface area contributed by atoms with Gasteiger partial charge in [-0.3, -0.25) is 4.99 Å². The maximum atomic E-state index is 8.57. The normalized spacial score (nSPS) is 17.3. The monoisotopic (exact) mass is 125 g/mol. The summed E-state index contributed by atoms with van der Waals surface area (Å²) in [6.45, 7) is 0.760. The molecule has 0 saturated carbocycles. The number of hydrogen-bond donors (Lipinski definition) is 2. The van der Waals surface area contributed by atoms with Crippen LogP contribution in [0, 0.1) is 0 Å². The number of allylic oxidation sites excluding steroid dienone is 1. The zero-order valence-electron chi connectivity index (χ0n) is 4.99. The lowest BCUT2D eigenvalue weighted by Gasteiger charge is -2.02. The van der Waals surface area contributed by atoms with Crippen LogP contribution in [0.5, 0.6) is 0 Å². The van der Waals surface area contributed by atoms with E-state index in [4.69, 9.17) is 10.0 Å². The standard InChI is InChI=1S/C5H8BNO2/c8-6(9)5-2-1-3-7-4-5/h2,4,8-9H,1,3H2. The molecule has 0 aliphatic carbocycles. The highest BCUT2D eigenvalue weighted by Crippen LogP contribution is 2.00. The van der Waals surface area contributed by atoms with Crippen LogP contribution < -0.4 is 0 Å². The summed E-state index contributed by atoms with van der Waals surface area (Å²) in [6.07, 6.45) is 4.08. The van der Waals surface area contributed by atoms with Gasteiger partial charge in [0.1, 0.15) is 0 Å². The second kappa shape index (κ2) is 2.80. The van der Waals surface area contributed by atoms with Crippen LogP contribution in [0.15, 0.2) is 16.5 Å². The average molecular weight is 125 g/mol. The second-order valence-corrected chi connectivity index (χ2v) is 1.90. The van der Waals surface area contributed by atoms with Crippen molar-refractivity contribution in [3.05, 3.63) is 11.5 Å². The molecule has 0 spiro atoms. The van der Waals surface area contributed by atoms with E-state index in [2.05, 4.69) is 4.99 Å². The summed E-state index contributed by atoms with van der Waals surface area (Å²) in [5.74, 6) is 0. The first-order chi connectivity index (χ1) is 4.30. The summed E-state index contributed by atoms with van der Waals surface area (Å²) in [5, 5.41) is 17.1. The molecule has 1 heterocycles. The molecular formula is C5H8BNO2. The Morgan fingerprint density at radius 1 is 1.56 bits per heavy atom. The highest BCUT2D eigenvalue weighted by Gasteiger charge is 2.12. The molecule has 0 aromatic rings. The van der Waals surface area contributed by atoms with Gasteiger partial charge in [-0.2, -0.15) is 0 Å². The second-order valence-electron chi connectivity index (χ2n) is 1.90. The first kappa shape index (κ1) is 6.51. The van der Waals surface area contributed by atoms with Gasteiger partial charge in [-0.25, -0.2) is 0 Å². The first-order valence-electron chi connectivity index (χ1n) is 2.87. The molecule has 0 radical (unpaired) electrons. The zero-order valence-corrected chi connectivity index (χ0v) is 4.99. The summed E-state index contributed by atoms with van der Waals surface area (Å²) in [5.41, 5.74) is 0.501. The number of aliphatic imine (C=N–C) groups is 1. The minimum absolute atomic E-state index is 0.501. The average Bonchev–Trinajstić information content (AvgIpc) is 1.90. The molecule has 1 aliphatic rings.